The molecule has 0 fully saturated rings. The molecule has 0 atom stereocenters. The third kappa shape index (κ3) is 4.29. The highest BCUT2D eigenvalue weighted by Crippen LogP contribution is 2.25. The van der Waals surface area contributed by atoms with Crippen LogP contribution in [0.5, 0.6) is 0 Å². The van der Waals surface area contributed by atoms with E-state index in [0.29, 0.717) is 0 Å². The van der Waals surface area contributed by atoms with Crippen LogP contribution >= 0.6 is 11.3 Å². The standard InChI is InChI=1S/C19H23NS/c1-3-7-16(8-4-1)11-12-20-14-19-13-18(15-21-19)17-9-5-2-6-10-17/h2,5-7,9-10,13,15,20H,1,3-4,8,11-12,14H2. The molecule has 2 heteroatoms. The van der Waals surface area contributed by atoms with Crippen LogP contribution in [-0.4, -0.2) is 6.54 Å². The predicted molar refractivity (Wildman–Crippen MR) is 92.6 cm³/mol. The van der Waals surface area contributed by atoms with Gasteiger partial charge in [0, 0.05) is 11.4 Å². The first-order chi connectivity index (χ1) is 10.4. The van der Waals surface area contributed by atoms with E-state index in [-0.39, 0.29) is 0 Å². The van der Waals surface area contributed by atoms with Crippen molar-refractivity contribution in [1.82, 2.24) is 5.32 Å². The average molecular weight is 297 g/mol. The molecule has 1 aliphatic carbocycles. The van der Waals surface area contributed by atoms with Gasteiger partial charge in [-0.2, -0.15) is 0 Å². The molecule has 0 radical (unpaired) electrons. The van der Waals surface area contributed by atoms with Crippen molar-refractivity contribution in [3.63, 3.8) is 0 Å². The molecular weight excluding hydrogens is 274 g/mol. The van der Waals surface area contributed by atoms with E-state index in [2.05, 4.69) is 53.2 Å². The molecule has 0 saturated heterocycles. The van der Waals surface area contributed by atoms with Crippen LogP contribution in [0, 0.1) is 0 Å². The Bertz CT molecular complexity index is 583. The molecule has 1 nitrogen and oxygen atoms in total. The Morgan fingerprint density at radius 2 is 1.95 bits per heavy atom. The maximum atomic E-state index is 3.58. The van der Waals surface area contributed by atoms with Crippen molar-refractivity contribution in [3.8, 4) is 11.1 Å². The molecule has 3 rings (SSSR count). The van der Waals surface area contributed by atoms with Crippen molar-refractivity contribution in [3.05, 3.63) is 58.3 Å². The van der Waals surface area contributed by atoms with Crippen molar-refractivity contribution in [2.75, 3.05) is 6.54 Å². The van der Waals surface area contributed by atoms with Crippen molar-refractivity contribution < 1.29 is 0 Å². The fourth-order valence-electron chi connectivity index (χ4n) is 2.85. The highest BCUT2D eigenvalue weighted by molar-refractivity contribution is 7.10. The summed E-state index contributed by atoms with van der Waals surface area (Å²) in [6.07, 6.45) is 9.05. The summed E-state index contributed by atoms with van der Waals surface area (Å²) in [6.45, 7) is 2.09. The largest absolute Gasteiger partial charge is 0.312 e. The van der Waals surface area contributed by atoms with Crippen LogP contribution in [-0.2, 0) is 6.54 Å². The number of rotatable bonds is 6. The van der Waals surface area contributed by atoms with Gasteiger partial charge in [0.15, 0.2) is 0 Å². The first-order valence-corrected chi connectivity index (χ1v) is 8.81. The van der Waals surface area contributed by atoms with E-state index in [9.17, 15) is 0 Å². The van der Waals surface area contributed by atoms with E-state index in [0.717, 1.165) is 13.1 Å². The summed E-state index contributed by atoms with van der Waals surface area (Å²) in [4.78, 5) is 1.42. The van der Waals surface area contributed by atoms with Crippen molar-refractivity contribution in [1.29, 1.82) is 0 Å². The summed E-state index contributed by atoms with van der Waals surface area (Å²) in [5, 5.41) is 5.84. The number of hydrogen-bond acceptors (Lipinski definition) is 2. The molecule has 21 heavy (non-hydrogen) atoms. The maximum absolute atomic E-state index is 3.58. The second-order valence-corrected chi connectivity index (χ2v) is 6.70. The second-order valence-electron chi connectivity index (χ2n) is 5.70. The zero-order chi connectivity index (χ0) is 14.3. The maximum Gasteiger partial charge on any atom is 0.0300 e. The van der Waals surface area contributed by atoms with Crippen LogP contribution in [0.15, 0.2) is 53.4 Å². The normalized spacial score (nSPS) is 15.0. The third-order valence-electron chi connectivity index (χ3n) is 4.07. The summed E-state index contributed by atoms with van der Waals surface area (Å²) in [5.74, 6) is 0. The number of allylic oxidation sites excluding steroid dienone is 1. The van der Waals surface area contributed by atoms with Gasteiger partial charge in [0.1, 0.15) is 0 Å². The minimum atomic E-state index is 0.991. The van der Waals surface area contributed by atoms with Crippen LogP contribution in [0.2, 0.25) is 0 Å². The number of benzene rings is 1. The Hall–Kier alpha value is -1.38. The molecule has 1 aliphatic rings. The lowest BCUT2D eigenvalue weighted by Crippen LogP contribution is -2.14. The minimum absolute atomic E-state index is 0.991. The van der Waals surface area contributed by atoms with Crippen molar-refractivity contribution >= 4 is 11.3 Å². The Morgan fingerprint density at radius 1 is 1.05 bits per heavy atom. The van der Waals surface area contributed by atoms with Gasteiger partial charge < -0.3 is 5.32 Å². The van der Waals surface area contributed by atoms with Crippen molar-refractivity contribution in [2.45, 2.75) is 38.6 Å². The molecule has 0 amide bonds. The minimum Gasteiger partial charge on any atom is -0.312 e. The van der Waals surface area contributed by atoms with E-state index in [1.54, 1.807) is 5.57 Å². The lowest BCUT2D eigenvalue weighted by atomic mass is 9.97. The first kappa shape index (κ1) is 14.6. The fourth-order valence-corrected chi connectivity index (χ4v) is 3.71. The zero-order valence-electron chi connectivity index (χ0n) is 12.5. The van der Waals surface area contributed by atoms with E-state index in [1.807, 2.05) is 11.3 Å². The van der Waals surface area contributed by atoms with Crippen LogP contribution < -0.4 is 5.32 Å². The summed E-state index contributed by atoms with van der Waals surface area (Å²) in [6, 6.07) is 12.9. The lowest BCUT2D eigenvalue weighted by molar-refractivity contribution is 0.635. The topological polar surface area (TPSA) is 12.0 Å². The smallest absolute Gasteiger partial charge is 0.0300 e. The Balaban J connectivity index is 1.46. The predicted octanol–water partition coefficient (Wildman–Crippen LogP) is 5.40. The summed E-state index contributed by atoms with van der Waals surface area (Å²) < 4.78 is 0. The highest BCUT2D eigenvalue weighted by atomic mass is 32.1. The van der Waals surface area contributed by atoms with Gasteiger partial charge in [-0.25, -0.2) is 0 Å². The molecule has 0 aliphatic heterocycles. The molecule has 1 aromatic heterocycles. The van der Waals surface area contributed by atoms with Gasteiger partial charge in [0.25, 0.3) is 0 Å². The van der Waals surface area contributed by atoms with Gasteiger partial charge in [0.2, 0.25) is 0 Å². The second kappa shape index (κ2) is 7.58. The Kier molecular flexibility index (Phi) is 5.25. The molecule has 2 aromatic rings. The third-order valence-corrected chi connectivity index (χ3v) is 5.00. The molecule has 0 spiro atoms. The highest BCUT2D eigenvalue weighted by Gasteiger charge is 2.04. The molecule has 1 aromatic carbocycles. The van der Waals surface area contributed by atoms with Gasteiger partial charge in [-0.3, -0.25) is 0 Å². The fraction of sp³-hybridized carbons (Fsp3) is 0.368. The van der Waals surface area contributed by atoms with E-state index < -0.39 is 0 Å². The number of thiophene rings is 1. The van der Waals surface area contributed by atoms with Gasteiger partial charge in [0.05, 0.1) is 0 Å². The van der Waals surface area contributed by atoms with Gasteiger partial charge >= 0.3 is 0 Å². The SMILES string of the molecule is C1=C(CCNCc2cc(-c3ccccc3)cs2)CCCC1. The summed E-state index contributed by atoms with van der Waals surface area (Å²) in [5.41, 5.74) is 4.31. The van der Waals surface area contributed by atoms with E-state index in [4.69, 9.17) is 0 Å². The molecule has 1 heterocycles. The molecule has 0 bridgehead atoms. The molecule has 0 saturated carbocycles. The summed E-state index contributed by atoms with van der Waals surface area (Å²) in [7, 11) is 0. The van der Waals surface area contributed by atoms with Gasteiger partial charge in [-0.05, 0) is 61.2 Å². The van der Waals surface area contributed by atoms with Gasteiger partial charge in [-0.1, -0.05) is 42.0 Å². The number of nitrogens with one attached hydrogen (secondary N) is 1. The van der Waals surface area contributed by atoms with Crippen LogP contribution in [0.3, 0.4) is 0 Å². The molecule has 1 N–H and O–H groups in total. The monoisotopic (exact) mass is 297 g/mol. The first-order valence-electron chi connectivity index (χ1n) is 7.93. The molecule has 0 unspecified atom stereocenters. The molecular formula is C19H23NS. The zero-order valence-corrected chi connectivity index (χ0v) is 13.3. The Labute approximate surface area is 131 Å². The van der Waals surface area contributed by atoms with Crippen LogP contribution in [0.1, 0.15) is 37.0 Å². The van der Waals surface area contributed by atoms with Crippen LogP contribution in [0.25, 0.3) is 11.1 Å². The summed E-state index contributed by atoms with van der Waals surface area (Å²) >= 11 is 1.85. The van der Waals surface area contributed by atoms with Crippen molar-refractivity contribution in [2.24, 2.45) is 0 Å². The van der Waals surface area contributed by atoms with Crippen LogP contribution in [0.4, 0.5) is 0 Å². The van der Waals surface area contributed by atoms with E-state index in [1.165, 1.54) is 48.1 Å². The number of hydrogen-bond donors (Lipinski definition) is 1. The lowest BCUT2D eigenvalue weighted by Gasteiger charge is -2.12. The van der Waals surface area contributed by atoms with Gasteiger partial charge in [-0.15, -0.1) is 11.3 Å². The quantitative estimate of drug-likeness (QED) is 0.556. The molecule has 110 valence electrons. The average Bonchev–Trinajstić information content (AvgIpc) is 3.02. The Morgan fingerprint density at radius 3 is 2.76 bits per heavy atom. The van der Waals surface area contributed by atoms with E-state index >= 15 is 0 Å².